The fourth-order valence-electron chi connectivity index (χ4n) is 3.53. The molecule has 0 atom stereocenters. The number of fused-ring (bicyclic) bond motifs is 1. The average molecular weight is 378 g/mol. The number of aromatic nitrogens is 4. The van der Waals surface area contributed by atoms with Crippen LogP contribution in [-0.4, -0.2) is 33.2 Å². The zero-order chi connectivity index (χ0) is 19.8. The molecule has 1 N–H and O–H groups in total. The molecule has 0 radical (unpaired) electrons. The van der Waals surface area contributed by atoms with Gasteiger partial charge in [-0.15, -0.1) is 0 Å². The summed E-state index contributed by atoms with van der Waals surface area (Å²) in [6, 6.07) is 0. The molecule has 2 aromatic heterocycles. The van der Waals surface area contributed by atoms with Crippen molar-refractivity contribution < 1.29 is 0 Å². The number of anilines is 1. The van der Waals surface area contributed by atoms with Crippen molar-refractivity contribution in [3.63, 3.8) is 0 Å². The molecule has 27 heavy (non-hydrogen) atoms. The van der Waals surface area contributed by atoms with Gasteiger partial charge in [-0.25, -0.2) is 4.79 Å². The van der Waals surface area contributed by atoms with Crippen molar-refractivity contribution in [1.82, 2.24) is 19.1 Å². The molecule has 0 amide bonds. The minimum Gasteiger partial charge on any atom is -0.348 e. The van der Waals surface area contributed by atoms with Crippen LogP contribution in [-0.2, 0) is 13.6 Å². The van der Waals surface area contributed by atoms with Gasteiger partial charge < -0.3 is 9.47 Å². The Morgan fingerprint density at radius 1 is 0.926 bits per heavy atom. The lowest BCUT2D eigenvalue weighted by Gasteiger charge is -2.14. The van der Waals surface area contributed by atoms with E-state index in [2.05, 4.69) is 16.9 Å². The molecule has 0 aliphatic rings. The van der Waals surface area contributed by atoms with Gasteiger partial charge in [0.15, 0.2) is 11.2 Å². The molecular formula is C20H35N5O2. The van der Waals surface area contributed by atoms with Crippen LogP contribution in [0.2, 0.25) is 0 Å². The third-order valence-electron chi connectivity index (χ3n) is 5.12. The Kier molecular flexibility index (Phi) is 8.13. The number of nitrogens with one attached hydrogen (secondary N) is 1. The molecule has 0 spiro atoms. The van der Waals surface area contributed by atoms with Crippen LogP contribution in [0, 0.1) is 0 Å². The van der Waals surface area contributed by atoms with E-state index in [-0.39, 0.29) is 5.56 Å². The lowest BCUT2D eigenvalue weighted by Crippen LogP contribution is -2.29. The minimum atomic E-state index is -0.429. The summed E-state index contributed by atoms with van der Waals surface area (Å²) < 4.78 is 3.34. The Labute approximate surface area is 161 Å². The second-order valence-electron chi connectivity index (χ2n) is 7.63. The summed E-state index contributed by atoms with van der Waals surface area (Å²) in [5.74, 6) is 0.715. The number of aromatic amines is 1. The normalized spacial score (nSPS) is 11.4. The minimum absolute atomic E-state index is 0.360. The van der Waals surface area contributed by atoms with Crippen molar-refractivity contribution in [2.45, 2.75) is 77.7 Å². The van der Waals surface area contributed by atoms with Gasteiger partial charge in [-0.3, -0.25) is 14.3 Å². The SMILES string of the molecule is CCCCCCCCCCCCn1c(N(C)C)nc2c1c(=O)[nH]c(=O)n2C. The number of nitrogens with zero attached hydrogens (tertiary/aromatic N) is 4. The predicted octanol–water partition coefficient (Wildman–Crippen LogP) is 3.41. The number of hydrogen-bond donors (Lipinski definition) is 1. The molecule has 2 aromatic rings. The van der Waals surface area contributed by atoms with Crippen molar-refractivity contribution >= 4 is 17.1 Å². The van der Waals surface area contributed by atoms with Crippen molar-refractivity contribution in [3.05, 3.63) is 20.8 Å². The molecule has 0 saturated carbocycles. The highest BCUT2D eigenvalue weighted by molar-refractivity contribution is 5.74. The molecule has 0 fully saturated rings. The maximum absolute atomic E-state index is 12.3. The van der Waals surface area contributed by atoms with Crippen LogP contribution in [0.3, 0.4) is 0 Å². The maximum atomic E-state index is 12.3. The molecule has 0 bridgehead atoms. The Bertz CT molecular complexity index is 831. The van der Waals surface area contributed by atoms with E-state index >= 15 is 0 Å². The topological polar surface area (TPSA) is 75.9 Å². The summed E-state index contributed by atoms with van der Waals surface area (Å²) in [6.45, 7) is 2.99. The third-order valence-corrected chi connectivity index (χ3v) is 5.12. The van der Waals surface area contributed by atoms with Gasteiger partial charge in [-0.2, -0.15) is 4.98 Å². The van der Waals surface area contributed by atoms with Gasteiger partial charge in [-0.05, 0) is 6.42 Å². The first kappa shape index (κ1) is 21.3. The van der Waals surface area contributed by atoms with E-state index in [1.54, 1.807) is 7.05 Å². The molecule has 7 heteroatoms. The Hall–Kier alpha value is -2.05. The lowest BCUT2D eigenvalue weighted by atomic mass is 10.1. The highest BCUT2D eigenvalue weighted by Crippen LogP contribution is 2.19. The summed E-state index contributed by atoms with van der Waals surface area (Å²) in [4.78, 5) is 33.0. The highest BCUT2D eigenvalue weighted by Gasteiger charge is 2.18. The van der Waals surface area contributed by atoms with Crippen molar-refractivity contribution in [1.29, 1.82) is 0 Å². The average Bonchev–Trinajstić information content (AvgIpc) is 3.02. The van der Waals surface area contributed by atoms with E-state index in [1.807, 2.05) is 23.6 Å². The number of aryl methyl sites for hydroxylation is 2. The molecular weight excluding hydrogens is 342 g/mol. The van der Waals surface area contributed by atoms with E-state index in [9.17, 15) is 9.59 Å². The monoisotopic (exact) mass is 377 g/mol. The van der Waals surface area contributed by atoms with E-state index in [4.69, 9.17) is 0 Å². The second kappa shape index (κ2) is 10.3. The fraction of sp³-hybridized carbons (Fsp3) is 0.750. The zero-order valence-corrected chi connectivity index (χ0v) is 17.4. The zero-order valence-electron chi connectivity index (χ0n) is 17.4. The summed E-state index contributed by atoms with van der Waals surface area (Å²) in [6.07, 6.45) is 12.7. The largest absolute Gasteiger partial charge is 0.348 e. The summed E-state index contributed by atoms with van der Waals surface area (Å²) in [5.41, 5.74) is 0.137. The van der Waals surface area contributed by atoms with Crippen LogP contribution in [0.4, 0.5) is 5.95 Å². The molecule has 2 rings (SSSR count). The van der Waals surface area contributed by atoms with Crippen LogP contribution in [0.15, 0.2) is 9.59 Å². The number of H-pyrrole nitrogens is 1. The molecule has 0 aliphatic carbocycles. The Balaban J connectivity index is 1.93. The van der Waals surface area contributed by atoms with Crippen LogP contribution < -0.4 is 16.1 Å². The fourth-order valence-corrected chi connectivity index (χ4v) is 3.53. The number of imidazole rings is 1. The van der Waals surface area contributed by atoms with Gasteiger partial charge in [-0.1, -0.05) is 64.7 Å². The van der Waals surface area contributed by atoms with E-state index in [0.29, 0.717) is 17.1 Å². The molecule has 2 heterocycles. The third kappa shape index (κ3) is 5.47. The Morgan fingerprint density at radius 3 is 2.04 bits per heavy atom. The van der Waals surface area contributed by atoms with Crippen LogP contribution >= 0.6 is 0 Å². The molecule has 152 valence electrons. The molecule has 7 nitrogen and oxygen atoms in total. The first-order chi connectivity index (χ1) is 13.0. The summed E-state index contributed by atoms with van der Waals surface area (Å²) in [7, 11) is 5.45. The van der Waals surface area contributed by atoms with Gasteiger partial charge in [0.2, 0.25) is 5.95 Å². The van der Waals surface area contributed by atoms with E-state index in [1.165, 1.54) is 55.9 Å². The molecule has 0 aromatic carbocycles. The predicted molar refractivity (Wildman–Crippen MR) is 112 cm³/mol. The summed E-state index contributed by atoms with van der Waals surface area (Å²) in [5, 5.41) is 0. The first-order valence-electron chi connectivity index (χ1n) is 10.3. The van der Waals surface area contributed by atoms with Gasteiger partial charge in [0.25, 0.3) is 5.56 Å². The van der Waals surface area contributed by atoms with Crippen LogP contribution in [0.25, 0.3) is 11.2 Å². The smallest absolute Gasteiger partial charge is 0.329 e. The lowest BCUT2D eigenvalue weighted by molar-refractivity contribution is 0.537. The van der Waals surface area contributed by atoms with Gasteiger partial charge >= 0.3 is 5.69 Å². The maximum Gasteiger partial charge on any atom is 0.329 e. The van der Waals surface area contributed by atoms with Gasteiger partial charge in [0.05, 0.1) is 0 Å². The van der Waals surface area contributed by atoms with E-state index < -0.39 is 5.69 Å². The summed E-state index contributed by atoms with van der Waals surface area (Å²) >= 11 is 0. The van der Waals surface area contributed by atoms with Gasteiger partial charge in [0.1, 0.15) is 0 Å². The standard InChI is InChI=1S/C20H35N5O2/c1-5-6-7-8-9-10-11-12-13-14-15-25-16-17(21-19(25)23(2)3)24(4)20(27)22-18(16)26/h5-15H2,1-4H3,(H,22,26,27). The van der Waals surface area contributed by atoms with Crippen molar-refractivity contribution in [3.8, 4) is 0 Å². The molecule has 0 aliphatic heterocycles. The molecule has 0 saturated heterocycles. The van der Waals surface area contributed by atoms with Crippen LogP contribution in [0.1, 0.15) is 71.1 Å². The first-order valence-corrected chi connectivity index (χ1v) is 10.3. The van der Waals surface area contributed by atoms with E-state index in [0.717, 1.165) is 19.4 Å². The highest BCUT2D eigenvalue weighted by atomic mass is 16.2. The number of hydrogen-bond acceptors (Lipinski definition) is 4. The second-order valence-corrected chi connectivity index (χ2v) is 7.63. The van der Waals surface area contributed by atoms with Crippen molar-refractivity contribution in [2.75, 3.05) is 19.0 Å². The van der Waals surface area contributed by atoms with Crippen molar-refractivity contribution in [2.24, 2.45) is 7.05 Å². The quantitative estimate of drug-likeness (QED) is 0.575. The Morgan fingerprint density at radius 2 is 1.48 bits per heavy atom. The van der Waals surface area contributed by atoms with Crippen LogP contribution in [0.5, 0.6) is 0 Å². The number of rotatable bonds is 12. The molecule has 0 unspecified atom stereocenters. The van der Waals surface area contributed by atoms with Gasteiger partial charge in [0, 0.05) is 27.7 Å². The number of unbranched alkanes of at least 4 members (excludes halogenated alkanes) is 9.